The van der Waals surface area contributed by atoms with Gasteiger partial charge < -0.3 is 10.4 Å². The minimum atomic E-state index is -0.444. The number of aliphatic hydroxyl groups excluding tert-OH is 1. The van der Waals surface area contributed by atoms with Crippen LogP contribution in [0.4, 0.5) is 5.69 Å². The fourth-order valence-corrected chi connectivity index (χ4v) is 2.74. The average molecular weight is 348 g/mol. The zero-order chi connectivity index (χ0) is 15.3. The minimum absolute atomic E-state index is 0.0606. The summed E-state index contributed by atoms with van der Waals surface area (Å²) in [5.41, 5.74) is 2.99. The second-order valence-electron chi connectivity index (χ2n) is 5.28. The van der Waals surface area contributed by atoms with Crippen molar-refractivity contribution >= 4 is 21.6 Å². The van der Waals surface area contributed by atoms with Crippen LogP contribution in [-0.2, 0) is 12.0 Å². The van der Waals surface area contributed by atoms with Gasteiger partial charge in [0.1, 0.15) is 0 Å². The topological polar surface area (TPSA) is 32.3 Å². The van der Waals surface area contributed by atoms with E-state index in [4.69, 9.17) is 0 Å². The van der Waals surface area contributed by atoms with E-state index in [1.54, 1.807) is 0 Å². The Kier molecular flexibility index (Phi) is 5.43. The Balaban J connectivity index is 2.32. The highest BCUT2D eigenvalue weighted by Gasteiger charge is 2.29. The third-order valence-corrected chi connectivity index (χ3v) is 4.54. The van der Waals surface area contributed by atoms with Gasteiger partial charge in [-0.3, -0.25) is 0 Å². The smallest absolute Gasteiger partial charge is 0.0854 e. The summed E-state index contributed by atoms with van der Waals surface area (Å²) >= 11 is 3.44. The lowest BCUT2D eigenvalue weighted by Crippen LogP contribution is -2.38. The van der Waals surface area contributed by atoms with E-state index in [0.717, 1.165) is 28.6 Å². The maximum atomic E-state index is 10.0. The molecule has 2 N–H and O–H groups in total. The molecule has 0 saturated carbocycles. The van der Waals surface area contributed by atoms with Crippen molar-refractivity contribution < 1.29 is 5.11 Å². The van der Waals surface area contributed by atoms with Gasteiger partial charge in [-0.2, -0.15) is 0 Å². The van der Waals surface area contributed by atoms with Crippen LogP contribution in [0.15, 0.2) is 53.0 Å². The van der Waals surface area contributed by atoms with Gasteiger partial charge in [0.15, 0.2) is 0 Å². The van der Waals surface area contributed by atoms with Crippen LogP contribution in [-0.4, -0.2) is 11.7 Å². The van der Waals surface area contributed by atoms with Gasteiger partial charge in [-0.1, -0.05) is 54.0 Å². The fourth-order valence-electron chi connectivity index (χ4n) is 2.48. The highest BCUT2D eigenvalue weighted by molar-refractivity contribution is 9.10. The number of nitrogens with one attached hydrogen (secondary N) is 1. The number of hydrogen-bond acceptors (Lipinski definition) is 2. The molecule has 0 saturated heterocycles. The molecule has 0 aliphatic carbocycles. The Labute approximate surface area is 135 Å². The average Bonchev–Trinajstić information content (AvgIpc) is 2.55. The number of anilines is 1. The predicted molar refractivity (Wildman–Crippen MR) is 92.6 cm³/mol. The molecular weight excluding hydrogens is 326 g/mol. The summed E-state index contributed by atoms with van der Waals surface area (Å²) in [6, 6.07) is 16.5. The molecule has 0 fully saturated rings. The summed E-state index contributed by atoms with van der Waals surface area (Å²) in [5.74, 6) is 0. The fraction of sp³-hybridized carbons (Fsp3) is 0.333. The highest BCUT2D eigenvalue weighted by atomic mass is 79.9. The SMILES string of the molecule is CCc1ccc(C(CC)(CO)Nc2ccc(Br)cc2)cc1. The molecular formula is C18H22BrNO. The highest BCUT2D eigenvalue weighted by Crippen LogP contribution is 2.30. The van der Waals surface area contributed by atoms with Gasteiger partial charge in [0.2, 0.25) is 0 Å². The number of aryl methyl sites for hydroxylation is 1. The largest absolute Gasteiger partial charge is 0.394 e. The van der Waals surface area contributed by atoms with Gasteiger partial charge >= 0.3 is 0 Å². The van der Waals surface area contributed by atoms with Gasteiger partial charge in [0, 0.05) is 10.2 Å². The van der Waals surface area contributed by atoms with Crippen LogP contribution >= 0.6 is 15.9 Å². The second-order valence-corrected chi connectivity index (χ2v) is 6.19. The van der Waals surface area contributed by atoms with E-state index in [-0.39, 0.29) is 6.61 Å². The molecule has 0 spiro atoms. The maximum absolute atomic E-state index is 10.0. The molecule has 2 aromatic carbocycles. The van der Waals surface area contributed by atoms with Crippen molar-refractivity contribution in [2.75, 3.05) is 11.9 Å². The Bertz CT molecular complexity index is 559. The molecule has 0 heterocycles. The van der Waals surface area contributed by atoms with Crippen molar-refractivity contribution in [1.29, 1.82) is 0 Å². The first kappa shape index (κ1) is 16.1. The molecule has 0 amide bonds. The van der Waals surface area contributed by atoms with Crippen LogP contribution in [0, 0.1) is 0 Å². The van der Waals surface area contributed by atoms with Crippen LogP contribution in [0.5, 0.6) is 0 Å². The molecule has 2 nitrogen and oxygen atoms in total. The molecule has 0 radical (unpaired) electrons. The van der Waals surface area contributed by atoms with Gasteiger partial charge in [-0.25, -0.2) is 0 Å². The molecule has 0 bridgehead atoms. The molecule has 2 rings (SSSR count). The van der Waals surface area contributed by atoms with E-state index < -0.39 is 5.54 Å². The minimum Gasteiger partial charge on any atom is -0.394 e. The Morgan fingerprint density at radius 1 is 1.00 bits per heavy atom. The van der Waals surface area contributed by atoms with Crippen LogP contribution in [0.3, 0.4) is 0 Å². The first-order valence-electron chi connectivity index (χ1n) is 7.37. The molecule has 1 unspecified atom stereocenters. The normalized spacial score (nSPS) is 13.7. The summed E-state index contributed by atoms with van der Waals surface area (Å²) in [6.45, 7) is 4.30. The van der Waals surface area contributed by atoms with Crippen molar-refractivity contribution in [3.8, 4) is 0 Å². The summed E-state index contributed by atoms with van der Waals surface area (Å²) < 4.78 is 1.05. The Morgan fingerprint density at radius 3 is 2.10 bits per heavy atom. The van der Waals surface area contributed by atoms with E-state index >= 15 is 0 Å². The van der Waals surface area contributed by atoms with Gasteiger partial charge in [0.25, 0.3) is 0 Å². The lowest BCUT2D eigenvalue weighted by Gasteiger charge is -2.34. The van der Waals surface area contributed by atoms with Crippen molar-refractivity contribution in [3.63, 3.8) is 0 Å². The van der Waals surface area contributed by atoms with Crippen molar-refractivity contribution in [3.05, 3.63) is 64.1 Å². The summed E-state index contributed by atoms with van der Waals surface area (Å²) in [6.07, 6.45) is 1.84. The second kappa shape index (κ2) is 7.10. The maximum Gasteiger partial charge on any atom is 0.0854 e. The summed E-state index contributed by atoms with van der Waals surface area (Å²) in [4.78, 5) is 0. The van der Waals surface area contributed by atoms with Crippen LogP contribution < -0.4 is 5.32 Å². The quantitative estimate of drug-likeness (QED) is 0.792. The monoisotopic (exact) mass is 347 g/mol. The first-order chi connectivity index (χ1) is 10.1. The molecule has 112 valence electrons. The van der Waals surface area contributed by atoms with Crippen LogP contribution in [0.25, 0.3) is 0 Å². The van der Waals surface area contributed by atoms with E-state index in [9.17, 15) is 5.11 Å². The Hall–Kier alpha value is -1.32. The number of halogens is 1. The zero-order valence-electron chi connectivity index (χ0n) is 12.6. The predicted octanol–water partition coefficient (Wildman–Crippen LogP) is 4.72. The summed E-state index contributed by atoms with van der Waals surface area (Å²) in [7, 11) is 0. The lowest BCUT2D eigenvalue weighted by molar-refractivity contribution is 0.207. The third-order valence-electron chi connectivity index (χ3n) is 4.02. The zero-order valence-corrected chi connectivity index (χ0v) is 14.2. The van der Waals surface area contributed by atoms with Crippen molar-refractivity contribution in [2.45, 2.75) is 32.2 Å². The van der Waals surface area contributed by atoms with Crippen LogP contribution in [0.1, 0.15) is 31.4 Å². The Morgan fingerprint density at radius 2 is 1.62 bits per heavy atom. The number of benzene rings is 2. The molecule has 0 aliphatic heterocycles. The number of rotatable bonds is 6. The molecule has 3 heteroatoms. The third kappa shape index (κ3) is 3.66. The molecule has 0 aromatic heterocycles. The molecule has 0 aliphatic rings. The molecule has 21 heavy (non-hydrogen) atoms. The van der Waals surface area contributed by atoms with E-state index in [1.165, 1.54) is 5.56 Å². The standard InChI is InChI=1S/C18H22BrNO/c1-3-14-5-7-15(8-6-14)18(4-2,13-21)20-17-11-9-16(19)10-12-17/h5-12,20-21H,3-4,13H2,1-2H3. The van der Waals surface area contributed by atoms with Crippen molar-refractivity contribution in [2.24, 2.45) is 0 Å². The van der Waals surface area contributed by atoms with Gasteiger partial charge in [-0.05, 0) is 48.2 Å². The number of hydrogen-bond donors (Lipinski definition) is 2. The van der Waals surface area contributed by atoms with Crippen molar-refractivity contribution in [1.82, 2.24) is 0 Å². The van der Waals surface area contributed by atoms with E-state index in [0.29, 0.717) is 0 Å². The molecule has 1 atom stereocenters. The summed E-state index contributed by atoms with van der Waals surface area (Å²) in [5, 5.41) is 13.5. The van der Waals surface area contributed by atoms with E-state index in [2.05, 4.69) is 59.4 Å². The lowest BCUT2D eigenvalue weighted by atomic mass is 9.87. The van der Waals surface area contributed by atoms with Gasteiger partial charge in [0.05, 0.1) is 12.1 Å². The first-order valence-corrected chi connectivity index (χ1v) is 8.17. The number of aliphatic hydroxyl groups is 1. The molecule has 2 aromatic rings. The van der Waals surface area contributed by atoms with Crippen LogP contribution in [0.2, 0.25) is 0 Å². The van der Waals surface area contributed by atoms with E-state index in [1.807, 2.05) is 24.3 Å². The van der Waals surface area contributed by atoms with Gasteiger partial charge in [-0.15, -0.1) is 0 Å².